The average Bonchev–Trinajstić information content (AvgIpc) is 2.62. The Kier molecular flexibility index (Phi) is 4.64. The number of nitriles is 1. The number of aromatic nitrogens is 1. The molecule has 0 saturated carbocycles. The Morgan fingerprint density at radius 1 is 1.04 bits per heavy atom. The van der Waals surface area contributed by atoms with Gasteiger partial charge in [-0.2, -0.15) is 5.26 Å². The Labute approximate surface area is 149 Å². The smallest absolute Gasteiger partial charge is 0.142 e. The lowest BCUT2D eigenvalue weighted by Gasteiger charge is -2.17. The van der Waals surface area contributed by atoms with Gasteiger partial charge in [0.15, 0.2) is 0 Å². The third kappa shape index (κ3) is 2.91. The van der Waals surface area contributed by atoms with Crippen molar-refractivity contribution in [1.29, 1.82) is 5.26 Å². The van der Waals surface area contributed by atoms with E-state index in [1.165, 1.54) is 0 Å². The zero-order valence-electron chi connectivity index (χ0n) is 13.3. The SMILES string of the molecule is CCc1c(-c2ccccc2)nc(N)c(C#N)c1-c1ccc(Br)cc1. The summed E-state index contributed by atoms with van der Waals surface area (Å²) in [5.41, 5.74) is 11.3. The molecule has 1 aromatic heterocycles. The van der Waals surface area contributed by atoms with Crippen LogP contribution < -0.4 is 5.73 Å². The maximum absolute atomic E-state index is 9.62. The van der Waals surface area contributed by atoms with Crippen LogP contribution >= 0.6 is 15.9 Å². The molecule has 0 aliphatic heterocycles. The third-order valence-corrected chi connectivity index (χ3v) is 4.50. The maximum Gasteiger partial charge on any atom is 0.142 e. The van der Waals surface area contributed by atoms with E-state index in [-0.39, 0.29) is 5.82 Å². The van der Waals surface area contributed by atoms with Gasteiger partial charge in [0.05, 0.1) is 5.69 Å². The molecule has 2 N–H and O–H groups in total. The van der Waals surface area contributed by atoms with Gasteiger partial charge < -0.3 is 5.73 Å². The largest absolute Gasteiger partial charge is 0.383 e. The lowest BCUT2D eigenvalue weighted by atomic mass is 9.90. The number of anilines is 1. The van der Waals surface area contributed by atoms with Gasteiger partial charge in [0.1, 0.15) is 17.5 Å². The maximum atomic E-state index is 9.62. The summed E-state index contributed by atoms with van der Waals surface area (Å²) in [7, 11) is 0. The minimum Gasteiger partial charge on any atom is -0.383 e. The van der Waals surface area contributed by atoms with Gasteiger partial charge in [0.25, 0.3) is 0 Å². The van der Waals surface area contributed by atoms with Gasteiger partial charge in [-0.15, -0.1) is 0 Å². The Hall–Kier alpha value is -2.64. The highest BCUT2D eigenvalue weighted by atomic mass is 79.9. The number of rotatable bonds is 3. The van der Waals surface area contributed by atoms with Gasteiger partial charge in [-0.25, -0.2) is 4.98 Å². The molecule has 118 valence electrons. The molecule has 0 aliphatic carbocycles. The number of nitrogen functional groups attached to an aromatic ring is 1. The first-order chi connectivity index (χ1) is 11.7. The van der Waals surface area contributed by atoms with Crippen LogP contribution in [0.2, 0.25) is 0 Å². The molecule has 3 aromatic rings. The molecule has 24 heavy (non-hydrogen) atoms. The molecule has 0 bridgehead atoms. The average molecular weight is 378 g/mol. The summed E-state index contributed by atoms with van der Waals surface area (Å²) in [4.78, 5) is 4.53. The van der Waals surface area contributed by atoms with Gasteiger partial charge in [0, 0.05) is 15.6 Å². The zero-order valence-corrected chi connectivity index (χ0v) is 14.8. The fourth-order valence-corrected chi connectivity index (χ4v) is 3.13. The van der Waals surface area contributed by atoms with Crippen LogP contribution in [0.1, 0.15) is 18.1 Å². The highest BCUT2D eigenvalue weighted by Gasteiger charge is 2.19. The Morgan fingerprint density at radius 2 is 1.71 bits per heavy atom. The van der Waals surface area contributed by atoms with Crippen LogP contribution in [0.25, 0.3) is 22.4 Å². The van der Waals surface area contributed by atoms with Crippen molar-refractivity contribution in [2.45, 2.75) is 13.3 Å². The lowest BCUT2D eigenvalue weighted by molar-refractivity contribution is 1.11. The molecule has 1 heterocycles. The Morgan fingerprint density at radius 3 is 2.29 bits per heavy atom. The van der Waals surface area contributed by atoms with Crippen molar-refractivity contribution in [2.75, 3.05) is 5.73 Å². The van der Waals surface area contributed by atoms with Gasteiger partial charge in [-0.3, -0.25) is 0 Å². The van der Waals surface area contributed by atoms with Crippen molar-refractivity contribution in [3.8, 4) is 28.5 Å². The number of halogens is 1. The molecule has 3 rings (SSSR count). The van der Waals surface area contributed by atoms with Crippen molar-refractivity contribution in [2.24, 2.45) is 0 Å². The molecule has 0 amide bonds. The first-order valence-electron chi connectivity index (χ1n) is 7.69. The van der Waals surface area contributed by atoms with E-state index in [1.54, 1.807) is 0 Å². The number of hydrogen-bond acceptors (Lipinski definition) is 3. The number of benzene rings is 2. The molecule has 4 heteroatoms. The van der Waals surface area contributed by atoms with E-state index < -0.39 is 0 Å². The molecule has 0 unspecified atom stereocenters. The topological polar surface area (TPSA) is 62.7 Å². The van der Waals surface area contributed by atoms with Crippen LogP contribution in [0.15, 0.2) is 59.1 Å². The first-order valence-corrected chi connectivity index (χ1v) is 8.48. The molecule has 2 aromatic carbocycles. The molecule has 0 spiro atoms. The van der Waals surface area contributed by atoms with Crippen LogP contribution in [-0.2, 0) is 6.42 Å². The third-order valence-electron chi connectivity index (χ3n) is 3.97. The fraction of sp³-hybridized carbons (Fsp3) is 0.100. The summed E-state index contributed by atoms with van der Waals surface area (Å²) in [5, 5.41) is 9.62. The Balaban J connectivity index is 2.36. The molecular formula is C20H16BrN3. The molecule has 3 nitrogen and oxygen atoms in total. The second kappa shape index (κ2) is 6.86. The Bertz CT molecular complexity index is 910. The highest BCUT2D eigenvalue weighted by molar-refractivity contribution is 9.10. The normalized spacial score (nSPS) is 10.4. The molecule has 0 saturated heterocycles. The van der Waals surface area contributed by atoms with Crippen molar-refractivity contribution in [3.05, 3.63) is 70.2 Å². The number of hydrogen-bond donors (Lipinski definition) is 1. The predicted molar refractivity (Wildman–Crippen MR) is 101 cm³/mol. The standard InChI is InChI=1S/C20H16BrN3/c1-2-16-18(13-8-10-15(21)11-9-13)17(12-22)20(23)24-19(16)14-6-4-3-5-7-14/h3-11H,2H2,1H3,(H2,23,24). The summed E-state index contributed by atoms with van der Waals surface area (Å²) in [5.74, 6) is 0.270. The van der Waals surface area contributed by atoms with Gasteiger partial charge in [-0.1, -0.05) is 65.3 Å². The summed E-state index contributed by atoms with van der Waals surface area (Å²) in [6.45, 7) is 2.07. The van der Waals surface area contributed by atoms with Crippen molar-refractivity contribution < 1.29 is 0 Å². The molecule has 0 aliphatic rings. The number of nitrogens with two attached hydrogens (primary N) is 1. The van der Waals surface area contributed by atoms with Crippen molar-refractivity contribution in [1.82, 2.24) is 4.98 Å². The molecular weight excluding hydrogens is 362 g/mol. The van der Waals surface area contributed by atoms with Crippen LogP contribution in [0, 0.1) is 11.3 Å². The second-order valence-electron chi connectivity index (χ2n) is 5.41. The van der Waals surface area contributed by atoms with Gasteiger partial charge >= 0.3 is 0 Å². The summed E-state index contributed by atoms with van der Waals surface area (Å²) >= 11 is 3.45. The summed E-state index contributed by atoms with van der Waals surface area (Å²) < 4.78 is 0.994. The van der Waals surface area contributed by atoms with E-state index in [0.29, 0.717) is 5.56 Å². The minimum atomic E-state index is 0.270. The lowest BCUT2D eigenvalue weighted by Crippen LogP contribution is -2.05. The number of nitrogens with zero attached hydrogens (tertiary/aromatic N) is 2. The molecule has 0 fully saturated rings. The number of pyridine rings is 1. The van der Waals surface area contributed by atoms with E-state index in [4.69, 9.17) is 5.73 Å². The quantitative estimate of drug-likeness (QED) is 0.682. The second-order valence-corrected chi connectivity index (χ2v) is 6.33. The van der Waals surface area contributed by atoms with E-state index in [9.17, 15) is 5.26 Å². The van der Waals surface area contributed by atoms with Crippen LogP contribution in [-0.4, -0.2) is 4.98 Å². The van der Waals surface area contributed by atoms with Crippen LogP contribution in [0.4, 0.5) is 5.82 Å². The van der Waals surface area contributed by atoms with Crippen LogP contribution in [0.3, 0.4) is 0 Å². The van der Waals surface area contributed by atoms with E-state index >= 15 is 0 Å². The molecule has 0 radical (unpaired) electrons. The summed E-state index contributed by atoms with van der Waals surface area (Å²) in [6.07, 6.45) is 0.761. The van der Waals surface area contributed by atoms with Gasteiger partial charge in [0.2, 0.25) is 0 Å². The monoisotopic (exact) mass is 377 g/mol. The van der Waals surface area contributed by atoms with Crippen molar-refractivity contribution in [3.63, 3.8) is 0 Å². The summed E-state index contributed by atoms with van der Waals surface area (Å²) in [6, 6.07) is 20.1. The fourth-order valence-electron chi connectivity index (χ4n) is 2.87. The van der Waals surface area contributed by atoms with E-state index in [0.717, 1.165) is 38.8 Å². The predicted octanol–water partition coefficient (Wildman–Crippen LogP) is 5.19. The first kappa shape index (κ1) is 16.2. The van der Waals surface area contributed by atoms with Crippen molar-refractivity contribution >= 4 is 21.7 Å². The van der Waals surface area contributed by atoms with Crippen LogP contribution in [0.5, 0.6) is 0 Å². The minimum absolute atomic E-state index is 0.270. The van der Waals surface area contributed by atoms with E-state index in [2.05, 4.69) is 33.9 Å². The zero-order chi connectivity index (χ0) is 17.1. The van der Waals surface area contributed by atoms with Gasteiger partial charge in [-0.05, 0) is 29.7 Å². The highest BCUT2D eigenvalue weighted by Crippen LogP contribution is 2.36. The van der Waals surface area contributed by atoms with E-state index in [1.807, 2.05) is 54.6 Å². The molecule has 0 atom stereocenters.